The Bertz CT molecular complexity index is 381. The predicted molar refractivity (Wildman–Crippen MR) is 68.0 cm³/mol. The van der Waals surface area contributed by atoms with Crippen LogP contribution >= 0.6 is 11.8 Å². The Kier molecular flexibility index (Phi) is 5.02. The third-order valence-corrected chi connectivity index (χ3v) is 3.86. The number of ether oxygens (including phenoxy) is 1. The molecule has 0 saturated carbocycles. The van der Waals surface area contributed by atoms with E-state index in [4.69, 9.17) is 4.74 Å². The van der Waals surface area contributed by atoms with Crippen LogP contribution < -0.4 is 5.32 Å². The number of likely N-dealkylation sites (N-methyl/N-ethyl adjacent to an activating group) is 1. The highest BCUT2D eigenvalue weighted by Gasteiger charge is 2.32. The number of nitrogens with zero attached hydrogens (tertiary/aromatic N) is 2. The van der Waals surface area contributed by atoms with E-state index in [1.807, 2.05) is 24.7 Å². The largest absolute Gasteiger partial charge is 0.468 e. The predicted octanol–water partition coefficient (Wildman–Crippen LogP) is 1.05. The van der Waals surface area contributed by atoms with Crippen LogP contribution in [0.5, 0.6) is 0 Å². The first kappa shape index (κ1) is 14.1. The Morgan fingerprint density at radius 3 is 2.88 bits per heavy atom. The van der Waals surface area contributed by atoms with Crippen LogP contribution in [0.15, 0.2) is 17.6 Å². The number of carbonyl (C=O) groups is 1. The van der Waals surface area contributed by atoms with Gasteiger partial charge in [0.05, 0.1) is 7.11 Å². The molecule has 17 heavy (non-hydrogen) atoms. The summed E-state index contributed by atoms with van der Waals surface area (Å²) in [6.07, 6.45) is 4.35. The zero-order chi connectivity index (χ0) is 12.9. The maximum absolute atomic E-state index is 11.6. The van der Waals surface area contributed by atoms with Gasteiger partial charge < -0.3 is 14.6 Å². The van der Waals surface area contributed by atoms with Crippen molar-refractivity contribution in [3.8, 4) is 0 Å². The smallest absolute Gasteiger partial charge is 0.325 e. The van der Waals surface area contributed by atoms with E-state index in [9.17, 15) is 4.79 Å². The van der Waals surface area contributed by atoms with Gasteiger partial charge in [0, 0.05) is 25.2 Å². The van der Waals surface area contributed by atoms with Gasteiger partial charge >= 0.3 is 5.97 Å². The van der Waals surface area contributed by atoms with Crippen molar-refractivity contribution in [1.82, 2.24) is 14.9 Å². The van der Waals surface area contributed by atoms with Gasteiger partial charge in [-0.15, -0.1) is 0 Å². The van der Waals surface area contributed by atoms with Crippen LogP contribution in [-0.2, 0) is 16.6 Å². The maximum atomic E-state index is 11.6. The maximum Gasteiger partial charge on any atom is 0.325 e. The molecular weight excluding hydrogens is 238 g/mol. The topological polar surface area (TPSA) is 56.2 Å². The summed E-state index contributed by atoms with van der Waals surface area (Å²) in [4.78, 5) is 15.8. The van der Waals surface area contributed by atoms with E-state index in [1.165, 1.54) is 7.11 Å². The Hall–Kier alpha value is -1.01. The number of thioether (sulfide) groups is 1. The molecule has 1 aromatic heterocycles. The minimum atomic E-state index is -0.632. The molecule has 1 rings (SSSR count). The third kappa shape index (κ3) is 3.47. The zero-order valence-electron chi connectivity index (χ0n) is 10.7. The zero-order valence-corrected chi connectivity index (χ0v) is 11.5. The summed E-state index contributed by atoms with van der Waals surface area (Å²) in [5.41, 5.74) is -0.632. The quantitative estimate of drug-likeness (QED) is 0.610. The lowest BCUT2D eigenvalue weighted by Gasteiger charge is -2.25. The molecule has 0 aliphatic heterocycles. The van der Waals surface area contributed by atoms with Gasteiger partial charge in [0.25, 0.3) is 0 Å². The fourth-order valence-electron chi connectivity index (χ4n) is 1.39. The second-order valence-corrected chi connectivity index (χ2v) is 5.05. The number of hydrogen-bond donors (Lipinski definition) is 1. The number of rotatable bonds is 6. The van der Waals surface area contributed by atoms with E-state index in [0.717, 1.165) is 10.9 Å². The minimum absolute atomic E-state index is 0.236. The molecule has 0 aromatic carbocycles. The van der Waals surface area contributed by atoms with Crippen molar-refractivity contribution in [3.05, 3.63) is 12.4 Å². The van der Waals surface area contributed by atoms with Crippen molar-refractivity contribution < 1.29 is 9.53 Å². The summed E-state index contributed by atoms with van der Waals surface area (Å²) < 4.78 is 6.74. The average molecular weight is 257 g/mol. The van der Waals surface area contributed by atoms with Crippen LogP contribution in [0.3, 0.4) is 0 Å². The van der Waals surface area contributed by atoms with Gasteiger partial charge in [0.1, 0.15) is 5.54 Å². The molecule has 0 aliphatic carbocycles. The second-order valence-electron chi connectivity index (χ2n) is 3.99. The lowest BCUT2D eigenvalue weighted by atomic mass is 10.00. The van der Waals surface area contributed by atoms with E-state index >= 15 is 0 Å². The molecule has 1 N–H and O–H groups in total. The van der Waals surface area contributed by atoms with Crippen LogP contribution in [0.25, 0.3) is 0 Å². The third-order valence-electron chi connectivity index (χ3n) is 2.80. The number of aryl methyl sites for hydroxylation is 1. The van der Waals surface area contributed by atoms with Gasteiger partial charge in [0.2, 0.25) is 0 Å². The van der Waals surface area contributed by atoms with E-state index in [-0.39, 0.29) is 5.97 Å². The molecule has 0 amide bonds. The number of methoxy groups -OCH3 is 1. The number of aromatic nitrogens is 2. The fraction of sp³-hybridized carbons (Fsp3) is 0.636. The molecule has 96 valence electrons. The average Bonchev–Trinajstić information content (AvgIpc) is 2.74. The first-order chi connectivity index (χ1) is 8.03. The Morgan fingerprint density at radius 2 is 2.41 bits per heavy atom. The first-order valence-electron chi connectivity index (χ1n) is 5.41. The molecule has 0 spiro atoms. The van der Waals surface area contributed by atoms with Crippen LogP contribution in [0.1, 0.15) is 13.3 Å². The molecule has 0 aliphatic rings. The Morgan fingerprint density at radius 1 is 1.71 bits per heavy atom. The van der Waals surface area contributed by atoms with Crippen molar-refractivity contribution in [2.24, 2.45) is 7.05 Å². The van der Waals surface area contributed by atoms with Crippen LogP contribution in [-0.4, -0.2) is 41.0 Å². The van der Waals surface area contributed by atoms with Gasteiger partial charge in [0.15, 0.2) is 5.16 Å². The summed E-state index contributed by atoms with van der Waals surface area (Å²) in [7, 11) is 5.12. The van der Waals surface area contributed by atoms with Gasteiger partial charge in [-0.1, -0.05) is 11.8 Å². The fourth-order valence-corrected chi connectivity index (χ4v) is 2.48. The molecule has 5 nitrogen and oxygen atoms in total. The lowest BCUT2D eigenvalue weighted by Crippen LogP contribution is -2.48. The van der Waals surface area contributed by atoms with E-state index in [0.29, 0.717) is 6.42 Å². The number of nitrogens with one attached hydrogen (secondary N) is 1. The van der Waals surface area contributed by atoms with E-state index in [1.54, 1.807) is 25.0 Å². The van der Waals surface area contributed by atoms with Crippen LogP contribution in [0, 0.1) is 0 Å². The van der Waals surface area contributed by atoms with Crippen LogP contribution in [0.4, 0.5) is 0 Å². The van der Waals surface area contributed by atoms with E-state index in [2.05, 4.69) is 10.3 Å². The summed E-state index contributed by atoms with van der Waals surface area (Å²) in [5.74, 6) is 0.567. The van der Waals surface area contributed by atoms with Crippen LogP contribution in [0.2, 0.25) is 0 Å². The molecule has 1 unspecified atom stereocenters. The summed E-state index contributed by atoms with van der Waals surface area (Å²) in [6.45, 7) is 1.85. The van der Waals surface area contributed by atoms with Crippen molar-refractivity contribution >= 4 is 17.7 Å². The second kappa shape index (κ2) is 6.07. The highest BCUT2D eigenvalue weighted by atomic mass is 32.2. The standard InChI is InChI=1S/C11H19N3O2S/c1-11(12-2,9(15)16-4)5-8-17-10-13-6-7-14(10)3/h6-7,12H,5,8H2,1-4H3. The number of carbonyl (C=O) groups excluding carboxylic acids is 1. The minimum Gasteiger partial charge on any atom is -0.468 e. The number of hydrogen-bond acceptors (Lipinski definition) is 5. The highest BCUT2D eigenvalue weighted by molar-refractivity contribution is 7.99. The highest BCUT2D eigenvalue weighted by Crippen LogP contribution is 2.20. The first-order valence-corrected chi connectivity index (χ1v) is 6.39. The molecule has 1 aromatic rings. The molecule has 0 fully saturated rings. The van der Waals surface area contributed by atoms with Gasteiger partial charge in [-0.25, -0.2) is 4.98 Å². The summed E-state index contributed by atoms with van der Waals surface area (Å²) in [6, 6.07) is 0. The van der Waals surface area contributed by atoms with E-state index < -0.39 is 5.54 Å². The van der Waals surface area contributed by atoms with Gasteiger partial charge in [-0.05, 0) is 20.4 Å². The summed E-state index contributed by atoms with van der Waals surface area (Å²) >= 11 is 1.63. The monoisotopic (exact) mass is 257 g/mol. The molecule has 0 radical (unpaired) electrons. The normalized spacial score (nSPS) is 14.4. The lowest BCUT2D eigenvalue weighted by molar-refractivity contribution is -0.147. The van der Waals surface area contributed by atoms with Crippen molar-refractivity contribution in [2.75, 3.05) is 19.9 Å². The Balaban J connectivity index is 2.49. The summed E-state index contributed by atoms with van der Waals surface area (Å²) in [5, 5.41) is 3.96. The van der Waals surface area contributed by atoms with Crippen molar-refractivity contribution in [1.29, 1.82) is 0 Å². The molecular formula is C11H19N3O2S. The van der Waals surface area contributed by atoms with Gasteiger partial charge in [-0.3, -0.25) is 4.79 Å². The molecule has 1 heterocycles. The molecule has 6 heteroatoms. The molecule has 1 atom stereocenters. The van der Waals surface area contributed by atoms with Crippen molar-refractivity contribution in [2.45, 2.75) is 24.0 Å². The SMILES string of the molecule is CNC(C)(CCSc1nccn1C)C(=O)OC. The number of imidazole rings is 1. The Labute approximate surface area is 106 Å². The molecule has 0 saturated heterocycles. The molecule has 0 bridgehead atoms. The number of esters is 1. The van der Waals surface area contributed by atoms with Crippen molar-refractivity contribution in [3.63, 3.8) is 0 Å². The van der Waals surface area contributed by atoms with Gasteiger partial charge in [-0.2, -0.15) is 0 Å².